The predicted molar refractivity (Wildman–Crippen MR) is 56.6 cm³/mol. The smallest absolute Gasteiger partial charge is 0.214 e. The molecule has 0 amide bonds. The number of nitrogens with zero attached hydrogens (tertiary/aromatic N) is 1. The maximum atomic E-state index is 10.8. The van der Waals surface area contributed by atoms with Crippen LogP contribution < -0.4 is 5.14 Å². The van der Waals surface area contributed by atoms with Gasteiger partial charge < -0.3 is 4.52 Å². The van der Waals surface area contributed by atoms with Gasteiger partial charge in [-0.15, -0.1) is 0 Å². The van der Waals surface area contributed by atoms with Gasteiger partial charge >= 0.3 is 0 Å². The molecule has 0 aliphatic rings. The van der Waals surface area contributed by atoms with Crippen molar-refractivity contribution in [2.75, 3.05) is 0 Å². The Morgan fingerprint density at radius 3 is 2.67 bits per heavy atom. The van der Waals surface area contributed by atoms with E-state index in [9.17, 15) is 8.42 Å². The number of aromatic nitrogens is 1. The van der Waals surface area contributed by atoms with Gasteiger partial charge in [-0.25, -0.2) is 13.6 Å². The minimum atomic E-state index is -3.56. The number of primary sulfonamides is 1. The Hall–Kier alpha value is -0.400. The van der Waals surface area contributed by atoms with E-state index < -0.39 is 10.0 Å². The van der Waals surface area contributed by atoms with Crippen LogP contribution in [-0.4, -0.2) is 43.1 Å². The molecule has 1 radical (unpaired) electrons. The quantitative estimate of drug-likeness (QED) is 0.755. The van der Waals surface area contributed by atoms with Crippen LogP contribution in [0.5, 0.6) is 0 Å². The second-order valence-corrected chi connectivity index (χ2v) is 4.55. The van der Waals surface area contributed by atoms with E-state index in [1.165, 1.54) is 0 Å². The molecule has 0 aliphatic heterocycles. The Labute approximate surface area is 109 Å². The monoisotopic (exact) mass is 235 g/mol. The molecule has 2 rings (SSSR count). The molecule has 1 aromatic carbocycles. The molecular weight excluding hydrogens is 227 g/mol. The van der Waals surface area contributed by atoms with E-state index in [0.29, 0.717) is 16.7 Å². The number of benzene rings is 1. The zero-order valence-corrected chi connectivity index (χ0v) is 11.0. The van der Waals surface area contributed by atoms with Crippen molar-refractivity contribution < 1.29 is 12.9 Å². The van der Waals surface area contributed by atoms with Gasteiger partial charge in [0.2, 0.25) is 10.0 Å². The van der Waals surface area contributed by atoms with Crippen LogP contribution in [0, 0.1) is 0 Å². The average Bonchev–Trinajstić information content (AvgIpc) is 2.47. The molecule has 1 heterocycles. The Morgan fingerprint density at radius 1 is 1.33 bits per heavy atom. The van der Waals surface area contributed by atoms with E-state index in [0.717, 1.165) is 0 Å². The molecule has 75 valence electrons. The van der Waals surface area contributed by atoms with Gasteiger partial charge in [0.1, 0.15) is 11.4 Å². The fourth-order valence-electron chi connectivity index (χ4n) is 1.23. The van der Waals surface area contributed by atoms with E-state index in [2.05, 4.69) is 5.16 Å². The summed E-state index contributed by atoms with van der Waals surface area (Å²) in [5.41, 5.74) is 0.911. The molecule has 1 aromatic heterocycles. The summed E-state index contributed by atoms with van der Waals surface area (Å²) in [6.07, 6.45) is 0. The van der Waals surface area contributed by atoms with Gasteiger partial charge in [-0.05, 0) is 12.1 Å². The number of hydrogen-bond acceptors (Lipinski definition) is 4. The molecule has 2 N–H and O–H groups in total. The second kappa shape index (κ2) is 4.63. The molecule has 0 unspecified atom stereocenters. The molecule has 0 saturated carbocycles. The molecule has 0 spiro atoms. The first-order valence-corrected chi connectivity index (χ1v) is 5.61. The van der Waals surface area contributed by atoms with Crippen LogP contribution in [0.15, 0.2) is 28.8 Å². The molecule has 7 heteroatoms. The predicted octanol–water partition coefficient (Wildman–Crippen LogP) is 0.235. The minimum absolute atomic E-state index is 0. The molecule has 0 bridgehead atoms. The van der Waals surface area contributed by atoms with Crippen molar-refractivity contribution in [3.63, 3.8) is 0 Å². The summed E-state index contributed by atoms with van der Waals surface area (Å²) in [6.45, 7) is 0. The van der Waals surface area contributed by atoms with Crippen molar-refractivity contribution >= 4 is 50.5 Å². The van der Waals surface area contributed by atoms with Gasteiger partial charge in [-0.1, -0.05) is 17.3 Å². The molecule has 0 fully saturated rings. The van der Waals surface area contributed by atoms with E-state index >= 15 is 0 Å². The molecule has 0 atom stereocenters. The Balaban J connectivity index is 0.00000112. The fourth-order valence-corrected chi connectivity index (χ4v) is 1.82. The summed E-state index contributed by atoms with van der Waals surface area (Å²) in [5.74, 6) is -0.302. The number of hydrogen-bond donors (Lipinski definition) is 1. The number of fused-ring (bicyclic) bond motifs is 1. The summed E-state index contributed by atoms with van der Waals surface area (Å²) in [5, 5.41) is 9.24. The van der Waals surface area contributed by atoms with Crippen LogP contribution in [-0.2, 0) is 15.8 Å². The summed E-state index contributed by atoms with van der Waals surface area (Å²) >= 11 is 0. The van der Waals surface area contributed by atoms with E-state index in [4.69, 9.17) is 9.66 Å². The van der Waals surface area contributed by atoms with Gasteiger partial charge in [0.15, 0.2) is 5.58 Å². The topological polar surface area (TPSA) is 86.2 Å². The zero-order chi connectivity index (χ0) is 10.2. The Morgan fingerprint density at radius 2 is 2.00 bits per heavy atom. The second-order valence-electron chi connectivity index (χ2n) is 2.93. The molecular formula is C8H8N2NaO3S. The molecule has 2 aromatic rings. The Kier molecular flexibility index (Phi) is 3.91. The summed E-state index contributed by atoms with van der Waals surface area (Å²) in [6, 6.07) is 7.03. The van der Waals surface area contributed by atoms with E-state index in [1.54, 1.807) is 24.3 Å². The van der Waals surface area contributed by atoms with Gasteiger partial charge in [0.25, 0.3) is 0 Å². The summed E-state index contributed by atoms with van der Waals surface area (Å²) < 4.78 is 26.6. The number of para-hydroxylation sites is 1. The standard InChI is InChI=1S/C8H8N2O3S.Na/c9-14(11,12)5-7-6-3-1-2-4-8(6)13-10-7;/h1-4H,5H2,(H2,9,11,12);. The van der Waals surface area contributed by atoms with Crippen LogP contribution >= 0.6 is 0 Å². The van der Waals surface area contributed by atoms with Crippen LogP contribution in [0.25, 0.3) is 11.0 Å². The molecule has 0 saturated heterocycles. The number of rotatable bonds is 2. The molecule has 0 aliphatic carbocycles. The van der Waals surface area contributed by atoms with Crippen molar-refractivity contribution in [1.82, 2.24) is 5.16 Å². The fraction of sp³-hybridized carbons (Fsp3) is 0.125. The van der Waals surface area contributed by atoms with Gasteiger partial charge in [0, 0.05) is 34.9 Å². The van der Waals surface area contributed by atoms with Gasteiger partial charge in [0.05, 0.1) is 0 Å². The SMILES string of the molecule is NS(=O)(=O)Cc1noc2ccccc12.[Na]. The van der Waals surface area contributed by atoms with Crippen molar-refractivity contribution in [2.45, 2.75) is 5.75 Å². The van der Waals surface area contributed by atoms with E-state index in [1.807, 2.05) is 0 Å². The average molecular weight is 235 g/mol. The van der Waals surface area contributed by atoms with Crippen molar-refractivity contribution in [3.05, 3.63) is 30.0 Å². The third-order valence-corrected chi connectivity index (χ3v) is 2.47. The first-order valence-electron chi connectivity index (χ1n) is 3.90. The largest absolute Gasteiger partial charge is 0.356 e. The number of nitrogens with two attached hydrogens (primary N) is 1. The van der Waals surface area contributed by atoms with Gasteiger partial charge in [-0.3, -0.25) is 0 Å². The van der Waals surface area contributed by atoms with Crippen LogP contribution in [0.3, 0.4) is 0 Å². The normalized spacial score (nSPS) is 11.3. The third kappa shape index (κ3) is 3.02. The first kappa shape index (κ1) is 12.7. The Bertz CT molecular complexity index is 564. The maximum absolute atomic E-state index is 10.8. The van der Waals surface area contributed by atoms with Gasteiger partial charge in [-0.2, -0.15) is 0 Å². The van der Waals surface area contributed by atoms with E-state index in [-0.39, 0.29) is 35.3 Å². The van der Waals surface area contributed by atoms with Crippen LogP contribution in [0.1, 0.15) is 5.69 Å². The third-order valence-electron chi connectivity index (χ3n) is 1.79. The zero-order valence-electron chi connectivity index (χ0n) is 8.17. The number of sulfonamides is 1. The maximum Gasteiger partial charge on any atom is 0.214 e. The van der Waals surface area contributed by atoms with Crippen molar-refractivity contribution in [3.8, 4) is 0 Å². The summed E-state index contributed by atoms with van der Waals surface area (Å²) in [4.78, 5) is 0. The van der Waals surface area contributed by atoms with Crippen LogP contribution in [0.4, 0.5) is 0 Å². The van der Waals surface area contributed by atoms with Crippen LogP contribution in [0.2, 0.25) is 0 Å². The minimum Gasteiger partial charge on any atom is -0.356 e. The van der Waals surface area contributed by atoms with Crippen molar-refractivity contribution in [1.29, 1.82) is 0 Å². The first-order chi connectivity index (χ1) is 6.56. The molecule has 5 nitrogen and oxygen atoms in total. The summed E-state index contributed by atoms with van der Waals surface area (Å²) in [7, 11) is -3.56. The molecule has 15 heavy (non-hydrogen) atoms. The van der Waals surface area contributed by atoms with Crippen molar-refractivity contribution in [2.24, 2.45) is 5.14 Å².